The van der Waals surface area contributed by atoms with Crippen LogP contribution in [0.2, 0.25) is 0 Å². The number of fused-ring (bicyclic) bond motifs is 1. The van der Waals surface area contributed by atoms with Gasteiger partial charge in [0.15, 0.2) is 0 Å². The molecule has 2 rings (SSSR count). The van der Waals surface area contributed by atoms with E-state index in [-0.39, 0.29) is 0 Å². The predicted octanol–water partition coefficient (Wildman–Crippen LogP) is 1.80. The third-order valence-electron chi connectivity index (χ3n) is 1.83. The van der Waals surface area contributed by atoms with Crippen LogP contribution in [0.4, 0.5) is 5.69 Å². The highest BCUT2D eigenvalue weighted by Crippen LogP contribution is 2.15. The lowest BCUT2D eigenvalue weighted by Crippen LogP contribution is -1.93. The van der Waals surface area contributed by atoms with Crippen molar-refractivity contribution >= 4 is 23.0 Å². The Morgan fingerprint density at radius 1 is 1.31 bits per heavy atom. The standard InChI is InChI=1S/C10H8N2O/c13-7-12-9-4-3-8-2-1-5-11-10(8)6-9/h1-7H,(H,12,13). The van der Waals surface area contributed by atoms with Gasteiger partial charge in [0.25, 0.3) is 0 Å². The van der Waals surface area contributed by atoms with E-state index in [0.717, 1.165) is 16.6 Å². The molecule has 3 nitrogen and oxygen atoms in total. The van der Waals surface area contributed by atoms with E-state index in [1.165, 1.54) is 0 Å². The Kier molecular flexibility index (Phi) is 1.92. The number of hydrogen-bond acceptors (Lipinski definition) is 2. The van der Waals surface area contributed by atoms with E-state index >= 15 is 0 Å². The second-order valence-corrected chi connectivity index (χ2v) is 2.67. The van der Waals surface area contributed by atoms with Gasteiger partial charge in [-0.1, -0.05) is 12.1 Å². The molecule has 0 bridgehead atoms. The van der Waals surface area contributed by atoms with Gasteiger partial charge < -0.3 is 5.32 Å². The molecule has 0 fully saturated rings. The second kappa shape index (κ2) is 3.23. The summed E-state index contributed by atoms with van der Waals surface area (Å²) >= 11 is 0. The third-order valence-corrected chi connectivity index (χ3v) is 1.83. The van der Waals surface area contributed by atoms with Crippen molar-refractivity contribution in [2.24, 2.45) is 0 Å². The Balaban J connectivity index is 2.55. The number of carbonyl (C=O) groups is 1. The lowest BCUT2D eigenvalue weighted by atomic mass is 10.2. The number of carbonyl (C=O) groups excluding carboxylic acids is 1. The number of rotatable bonds is 2. The molecule has 0 aliphatic rings. The molecule has 3 heteroatoms. The molecule has 0 radical (unpaired) electrons. The number of benzene rings is 1. The Bertz CT molecular complexity index is 440. The summed E-state index contributed by atoms with van der Waals surface area (Å²) in [5.41, 5.74) is 1.65. The Morgan fingerprint density at radius 3 is 3.08 bits per heavy atom. The molecule has 1 heterocycles. The van der Waals surface area contributed by atoms with Gasteiger partial charge in [0.1, 0.15) is 0 Å². The molecular weight excluding hydrogens is 164 g/mol. The number of nitrogens with one attached hydrogen (secondary N) is 1. The van der Waals surface area contributed by atoms with Gasteiger partial charge in [-0.2, -0.15) is 0 Å². The molecule has 1 aromatic heterocycles. The Hall–Kier alpha value is -1.90. The van der Waals surface area contributed by atoms with Crippen LogP contribution >= 0.6 is 0 Å². The van der Waals surface area contributed by atoms with Crippen LogP contribution in [0.25, 0.3) is 10.9 Å². The van der Waals surface area contributed by atoms with Crippen molar-refractivity contribution < 1.29 is 4.79 Å². The summed E-state index contributed by atoms with van der Waals surface area (Å²) < 4.78 is 0. The van der Waals surface area contributed by atoms with Crippen molar-refractivity contribution in [3.8, 4) is 0 Å². The highest BCUT2D eigenvalue weighted by Gasteiger charge is 1.94. The van der Waals surface area contributed by atoms with Gasteiger partial charge in [0.05, 0.1) is 5.52 Å². The summed E-state index contributed by atoms with van der Waals surface area (Å²) in [6.07, 6.45) is 2.39. The zero-order valence-electron chi connectivity index (χ0n) is 6.90. The number of anilines is 1. The summed E-state index contributed by atoms with van der Waals surface area (Å²) in [6, 6.07) is 9.47. The van der Waals surface area contributed by atoms with Crippen molar-refractivity contribution in [2.45, 2.75) is 0 Å². The van der Waals surface area contributed by atoms with Gasteiger partial charge in [-0.05, 0) is 18.2 Å². The summed E-state index contributed by atoms with van der Waals surface area (Å²) in [5, 5.41) is 3.65. The first-order valence-electron chi connectivity index (χ1n) is 3.95. The van der Waals surface area contributed by atoms with E-state index in [1.807, 2.05) is 30.3 Å². The number of nitrogens with zero attached hydrogens (tertiary/aromatic N) is 1. The molecule has 0 aliphatic carbocycles. The van der Waals surface area contributed by atoms with Crippen molar-refractivity contribution in [1.29, 1.82) is 0 Å². The molecule has 0 spiro atoms. The maximum atomic E-state index is 10.2. The lowest BCUT2D eigenvalue weighted by Gasteiger charge is -1.99. The maximum Gasteiger partial charge on any atom is 0.211 e. The topological polar surface area (TPSA) is 42.0 Å². The van der Waals surface area contributed by atoms with Gasteiger partial charge in [0, 0.05) is 17.3 Å². The minimum atomic E-state index is 0.657. The highest BCUT2D eigenvalue weighted by atomic mass is 16.1. The monoisotopic (exact) mass is 172 g/mol. The maximum absolute atomic E-state index is 10.2. The average molecular weight is 172 g/mol. The third kappa shape index (κ3) is 1.49. The molecule has 0 saturated heterocycles. The van der Waals surface area contributed by atoms with Crippen molar-refractivity contribution in [3.63, 3.8) is 0 Å². The molecule has 0 saturated carbocycles. The zero-order valence-corrected chi connectivity index (χ0v) is 6.90. The van der Waals surface area contributed by atoms with Crippen LogP contribution in [0.5, 0.6) is 0 Å². The normalized spacial score (nSPS) is 9.85. The van der Waals surface area contributed by atoms with E-state index in [1.54, 1.807) is 6.20 Å². The van der Waals surface area contributed by atoms with E-state index in [9.17, 15) is 4.79 Å². The molecule has 1 N–H and O–H groups in total. The fraction of sp³-hybridized carbons (Fsp3) is 0. The Morgan fingerprint density at radius 2 is 2.23 bits per heavy atom. The number of amides is 1. The zero-order chi connectivity index (χ0) is 9.10. The average Bonchev–Trinajstić information content (AvgIpc) is 2.18. The molecule has 64 valence electrons. The fourth-order valence-corrected chi connectivity index (χ4v) is 1.22. The van der Waals surface area contributed by atoms with Gasteiger partial charge in [-0.15, -0.1) is 0 Å². The quantitative estimate of drug-likeness (QED) is 0.702. The number of hydrogen-bond donors (Lipinski definition) is 1. The highest BCUT2D eigenvalue weighted by molar-refractivity contribution is 5.84. The van der Waals surface area contributed by atoms with Crippen molar-refractivity contribution in [3.05, 3.63) is 36.5 Å². The van der Waals surface area contributed by atoms with Crippen LogP contribution in [0, 0.1) is 0 Å². The van der Waals surface area contributed by atoms with E-state index in [4.69, 9.17) is 0 Å². The smallest absolute Gasteiger partial charge is 0.211 e. The van der Waals surface area contributed by atoms with Gasteiger partial charge in [-0.3, -0.25) is 9.78 Å². The Labute approximate surface area is 75.4 Å². The second-order valence-electron chi connectivity index (χ2n) is 2.67. The molecule has 13 heavy (non-hydrogen) atoms. The van der Waals surface area contributed by atoms with E-state index in [2.05, 4.69) is 10.3 Å². The molecule has 1 aromatic carbocycles. The first kappa shape index (κ1) is 7.73. The first-order valence-corrected chi connectivity index (χ1v) is 3.95. The van der Waals surface area contributed by atoms with Crippen molar-refractivity contribution in [1.82, 2.24) is 4.98 Å². The molecular formula is C10H8N2O. The van der Waals surface area contributed by atoms with E-state index in [0.29, 0.717) is 6.41 Å². The summed E-state index contributed by atoms with van der Waals surface area (Å²) in [7, 11) is 0. The molecule has 0 aliphatic heterocycles. The summed E-state index contributed by atoms with van der Waals surface area (Å²) in [6.45, 7) is 0. The van der Waals surface area contributed by atoms with Crippen LogP contribution in [-0.2, 0) is 4.79 Å². The minimum absolute atomic E-state index is 0.657. The lowest BCUT2D eigenvalue weighted by molar-refractivity contribution is -0.105. The molecule has 2 aromatic rings. The summed E-state index contributed by atoms with van der Waals surface area (Å²) in [4.78, 5) is 14.3. The number of aromatic nitrogens is 1. The summed E-state index contributed by atoms with van der Waals surface area (Å²) in [5.74, 6) is 0. The van der Waals surface area contributed by atoms with Gasteiger partial charge in [0.2, 0.25) is 6.41 Å². The van der Waals surface area contributed by atoms with Crippen LogP contribution < -0.4 is 5.32 Å². The van der Waals surface area contributed by atoms with Gasteiger partial charge >= 0.3 is 0 Å². The molecule has 0 atom stereocenters. The largest absolute Gasteiger partial charge is 0.329 e. The predicted molar refractivity (Wildman–Crippen MR) is 51.4 cm³/mol. The van der Waals surface area contributed by atoms with Gasteiger partial charge in [-0.25, -0.2) is 0 Å². The fourth-order valence-electron chi connectivity index (χ4n) is 1.22. The molecule has 0 unspecified atom stereocenters. The van der Waals surface area contributed by atoms with Crippen LogP contribution in [0.3, 0.4) is 0 Å². The van der Waals surface area contributed by atoms with Crippen molar-refractivity contribution in [2.75, 3.05) is 5.32 Å². The molecule has 1 amide bonds. The minimum Gasteiger partial charge on any atom is -0.329 e. The van der Waals surface area contributed by atoms with Crippen LogP contribution in [-0.4, -0.2) is 11.4 Å². The van der Waals surface area contributed by atoms with E-state index < -0.39 is 0 Å². The van der Waals surface area contributed by atoms with Crippen LogP contribution in [0.15, 0.2) is 36.5 Å². The first-order chi connectivity index (χ1) is 6.40. The SMILES string of the molecule is O=CNc1ccc2cccnc2c1. The van der Waals surface area contributed by atoms with Crippen LogP contribution in [0.1, 0.15) is 0 Å². The number of pyridine rings is 1.